The van der Waals surface area contributed by atoms with Crippen LogP contribution in [0.15, 0.2) is 48.5 Å². The third-order valence-electron chi connectivity index (χ3n) is 3.55. The van der Waals surface area contributed by atoms with Crippen LogP contribution in [-0.2, 0) is 4.79 Å². The number of rotatable bonds is 4. The maximum absolute atomic E-state index is 12.2. The quantitative estimate of drug-likeness (QED) is 0.922. The SMILES string of the molecule is Cc1cccc(NCC(=O)N(C)c2ccccc2)c1C. The molecule has 1 amide bonds. The third kappa shape index (κ3) is 3.18. The van der Waals surface area contributed by atoms with Crippen molar-refractivity contribution < 1.29 is 4.79 Å². The van der Waals surface area contributed by atoms with Crippen LogP contribution < -0.4 is 10.2 Å². The summed E-state index contributed by atoms with van der Waals surface area (Å²) in [7, 11) is 1.79. The van der Waals surface area contributed by atoms with Crippen LogP contribution in [0, 0.1) is 13.8 Å². The van der Waals surface area contributed by atoms with Crippen LogP contribution in [0.25, 0.3) is 0 Å². The summed E-state index contributed by atoms with van der Waals surface area (Å²) in [6.07, 6.45) is 0. The average molecular weight is 268 g/mol. The van der Waals surface area contributed by atoms with E-state index >= 15 is 0 Å². The van der Waals surface area contributed by atoms with E-state index in [4.69, 9.17) is 0 Å². The second-order valence-corrected chi connectivity index (χ2v) is 4.89. The maximum atomic E-state index is 12.2. The second kappa shape index (κ2) is 6.24. The highest BCUT2D eigenvalue weighted by atomic mass is 16.2. The van der Waals surface area contributed by atoms with E-state index in [0.29, 0.717) is 0 Å². The van der Waals surface area contributed by atoms with Crippen LogP contribution in [0.4, 0.5) is 11.4 Å². The van der Waals surface area contributed by atoms with Gasteiger partial charge in [0.25, 0.3) is 0 Å². The molecule has 20 heavy (non-hydrogen) atoms. The maximum Gasteiger partial charge on any atom is 0.246 e. The number of carbonyl (C=O) groups is 1. The minimum absolute atomic E-state index is 0.0390. The molecule has 0 bridgehead atoms. The molecule has 0 aliphatic carbocycles. The van der Waals surface area contributed by atoms with Crippen LogP contribution in [0.2, 0.25) is 0 Å². The molecule has 0 unspecified atom stereocenters. The zero-order chi connectivity index (χ0) is 14.5. The minimum atomic E-state index is 0.0390. The van der Waals surface area contributed by atoms with Crippen molar-refractivity contribution in [3.8, 4) is 0 Å². The molecule has 0 aliphatic rings. The molecule has 0 fully saturated rings. The Bertz CT molecular complexity index is 593. The van der Waals surface area contributed by atoms with Gasteiger partial charge in [0, 0.05) is 18.4 Å². The lowest BCUT2D eigenvalue weighted by Crippen LogP contribution is -2.32. The summed E-state index contributed by atoms with van der Waals surface area (Å²) in [4.78, 5) is 13.8. The van der Waals surface area contributed by atoms with Crippen LogP contribution in [0.1, 0.15) is 11.1 Å². The molecule has 0 saturated heterocycles. The van der Waals surface area contributed by atoms with Crippen molar-refractivity contribution in [3.05, 3.63) is 59.7 Å². The molecule has 0 aliphatic heterocycles. The standard InChI is InChI=1S/C17H20N2O/c1-13-8-7-11-16(14(13)2)18-12-17(20)19(3)15-9-5-4-6-10-15/h4-11,18H,12H2,1-3H3. The molecule has 0 heterocycles. The zero-order valence-corrected chi connectivity index (χ0v) is 12.2. The molecule has 3 heteroatoms. The fourth-order valence-corrected chi connectivity index (χ4v) is 2.03. The van der Waals surface area contributed by atoms with Crippen LogP contribution in [0.5, 0.6) is 0 Å². The molecular weight excluding hydrogens is 248 g/mol. The molecular formula is C17H20N2O. The Hall–Kier alpha value is -2.29. The molecule has 104 valence electrons. The summed E-state index contributed by atoms with van der Waals surface area (Å²) in [6.45, 7) is 4.41. The van der Waals surface area contributed by atoms with Crippen molar-refractivity contribution in [3.63, 3.8) is 0 Å². The first-order valence-corrected chi connectivity index (χ1v) is 6.71. The number of likely N-dealkylation sites (N-methyl/N-ethyl adjacent to an activating group) is 1. The van der Waals surface area contributed by atoms with Crippen molar-refractivity contribution in [1.82, 2.24) is 0 Å². The Morgan fingerprint density at radius 3 is 2.45 bits per heavy atom. The van der Waals surface area contributed by atoms with E-state index in [1.54, 1.807) is 11.9 Å². The van der Waals surface area contributed by atoms with Crippen molar-refractivity contribution >= 4 is 17.3 Å². The van der Waals surface area contributed by atoms with Crippen LogP contribution in [0.3, 0.4) is 0 Å². The van der Waals surface area contributed by atoms with Crippen LogP contribution in [-0.4, -0.2) is 19.5 Å². The lowest BCUT2D eigenvalue weighted by atomic mass is 10.1. The number of carbonyl (C=O) groups excluding carboxylic acids is 1. The zero-order valence-electron chi connectivity index (χ0n) is 12.2. The van der Waals surface area contributed by atoms with E-state index in [1.807, 2.05) is 42.5 Å². The summed E-state index contributed by atoms with van der Waals surface area (Å²) in [5.74, 6) is 0.0390. The fourth-order valence-electron chi connectivity index (χ4n) is 2.03. The van der Waals surface area contributed by atoms with Gasteiger partial charge in [-0.2, -0.15) is 0 Å². The lowest BCUT2D eigenvalue weighted by Gasteiger charge is -2.18. The number of nitrogens with one attached hydrogen (secondary N) is 1. The molecule has 2 rings (SSSR count). The van der Waals surface area contributed by atoms with Gasteiger partial charge in [-0.25, -0.2) is 0 Å². The van der Waals surface area contributed by atoms with E-state index in [0.717, 1.165) is 11.4 Å². The van der Waals surface area contributed by atoms with Gasteiger partial charge in [0.05, 0.1) is 6.54 Å². The first-order chi connectivity index (χ1) is 9.59. The monoisotopic (exact) mass is 268 g/mol. The first kappa shape index (κ1) is 14.1. The van der Waals surface area contributed by atoms with Gasteiger partial charge in [-0.3, -0.25) is 4.79 Å². The number of nitrogens with zero attached hydrogens (tertiary/aromatic N) is 1. The molecule has 3 nitrogen and oxygen atoms in total. The summed E-state index contributed by atoms with van der Waals surface area (Å²) < 4.78 is 0. The van der Waals surface area contributed by atoms with Gasteiger partial charge < -0.3 is 10.2 Å². The molecule has 0 atom stereocenters. The number of anilines is 2. The molecule has 1 N–H and O–H groups in total. The van der Waals surface area contributed by atoms with Gasteiger partial charge in [0.15, 0.2) is 0 Å². The van der Waals surface area contributed by atoms with Crippen LogP contribution >= 0.6 is 0 Å². The average Bonchev–Trinajstić information content (AvgIpc) is 2.48. The fraction of sp³-hybridized carbons (Fsp3) is 0.235. The number of aryl methyl sites for hydroxylation is 1. The van der Waals surface area contributed by atoms with Gasteiger partial charge >= 0.3 is 0 Å². The van der Waals surface area contributed by atoms with Gasteiger partial charge in [0.2, 0.25) is 5.91 Å². The Balaban J connectivity index is 2.00. The number of amides is 1. The highest BCUT2D eigenvalue weighted by Crippen LogP contribution is 2.18. The van der Waals surface area contributed by atoms with Gasteiger partial charge in [-0.15, -0.1) is 0 Å². The molecule has 2 aromatic carbocycles. The largest absolute Gasteiger partial charge is 0.376 e. The van der Waals surface area contributed by atoms with Crippen molar-refractivity contribution in [1.29, 1.82) is 0 Å². The number of hydrogen-bond acceptors (Lipinski definition) is 2. The summed E-state index contributed by atoms with van der Waals surface area (Å²) in [5, 5.41) is 3.21. The Labute approximate surface area is 120 Å². The number of hydrogen-bond donors (Lipinski definition) is 1. The van der Waals surface area contributed by atoms with Crippen molar-refractivity contribution in [2.24, 2.45) is 0 Å². The lowest BCUT2D eigenvalue weighted by molar-refractivity contribution is -0.116. The van der Waals surface area contributed by atoms with E-state index < -0.39 is 0 Å². The molecule has 0 aromatic heterocycles. The predicted molar refractivity (Wildman–Crippen MR) is 84.3 cm³/mol. The molecule has 2 aromatic rings. The number of benzene rings is 2. The summed E-state index contributed by atoms with van der Waals surface area (Å²) in [5.41, 5.74) is 4.32. The Morgan fingerprint density at radius 2 is 1.75 bits per heavy atom. The second-order valence-electron chi connectivity index (χ2n) is 4.89. The Morgan fingerprint density at radius 1 is 1.05 bits per heavy atom. The van der Waals surface area contributed by atoms with Gasteiger partial charge in [-0.05, 0) is 43.2 Å². The minimum Gasteiger partial charge on any atom is -0.376 e. The summed E-state index contributed by atoms with van der Waals surface area (Å²) >= 11 is 0. The molecule has 0 spiro atoms. The van der Waals surface area contributed by atoms with E-state index in [2.05, 4.69) is 25.2 Å². The molecule has 0 saturated carbocycles. The van der Waals surface area contributed by atoms with Crippen molar-refractivity contribution in [2.45, 2.75) is 13.8 Å². The van der Waals surface area contributed by atoms with E-state index in [1.165, 1.54) is 11.1 Å². The summed E-state index contributed by atoms with van der Waals surface area (Å²) in [6, 6.07) is 15.7. The first-order valence-electron chi connectivity index (χ1n) is 6.71. The normalized spacial score (nSPS) is 10.2. The van der Waals surface area contributed by atoms with Crippen molar-refractivity contribution in [2.75, 3.05) is 23.8 Å². The highest BCUT2D eigenvalue weighted by molar-refractivity contribution is 5.95. The Kier molecular flexibility index (Phi) is 4.41. The smallest absolute Gasteiger partial charge is 0.246 e. The topological polar surface area (TPSA) is 32.3 Å². The third-order valence-corrected chi connectivity index (χ3v) is 3.55. The molecule has 0 radical (unpaired) electrons. The van der Waals surface area contributed by atoms with E-state index in [9.17, 15) is 4.79 Å². The van der Waals surface area contributed by atoms with E-state index in [-0.39, 0.29) is 12.5 Å². The van der Waals surface area contributed by atoms with Gasteiger partial charge in [0.1, 0.15) is 0 Å². The van der Waals surface area contributed by atoms with Gasteiger partial charge in [-0.1, -0.05) is 30.3 Å². The highest BCUT2D eigenvalue weighted by Gasteiger charge is 2.10. The predicted octanol–water partition coefficient (Wildman–Crippen LogP) is 3.38. The number of para-hydroxylation sites is 1.